The molecule has 0 bridgehead atoms. The summed E-state index contributed by atoms with van der Waals surface area (Å²) in [6, 6.07) is 0.308. The summed E-state index contributed by atoms with van der Waals surface area (Å²) in [5.41, 5.74) is 2.94. The molecule has 0 aromatic carbocycles. The van der Waals surface area contributed by atoms with Gasteiger partial charge in [0.2, 0.25) is 0 Å². The molecule has 0 saturated heterocycles. The minimum Gasteiger partial charge on any atom is -0.383 e. The third-order valence-electron chi connectivity index (χ3n) is 1.54. The zero-order valence-corrected chi connectivity index (χ0v) is 9.10. The molecule has 8 heteroatoms. The molecule has 0 radical (unpaired) electrons. The largest absolute Gasteiger partial charge is 0.433 e. The van der Waals surface area contributed by atoms with Gasteiger partial charge in [0.1, 0.15) is 11.5 Å². The Morgan fingerprint density at radius 2 is 1.87 bits per heavy atom. The Morgan fingerprint density at radius 1 is 1.33 bits per heavy atom. The lowest BCUT2D eigenvalue weighted by molar-refractivity contribution is -0.141. The van der Waals surface area contributed by atoms with Crippen LogP contribution in [0.2, 0.25) is 0 Å². The van der Waals surface area contributed by atoms with Gasteiger partial charge in [-0.05, 0) is 28.7 Å². The SMILES string of the molecule is Nc1nc(C(F)(F)F)cc(C(F)F)c1I. The molecular weight excluding hydrogens is 334 g/mol. The lowest BCUT2D eigenvalue weighted by atomic mass is 10.2. The van der Waals surface area contributed by atoms with Gasteiger partial charge in [0.25, 0.3) is 6.43 Å². The predicted molar refractivity (Wildman–Crippen MR) is 51.3 cm³/mol. The van der Waals surface area contributed by atoms with Crippen molar-refractivity contribution >= 4 is 28.4 Å². The smallest absolute Gasteiger partial charge is 0.383 e. The lowest BCUT2D eigenvalue weighted by Crippen LogP contribution is -2.12. The zero-order valence-electron chi connectivity index (χ0n) is 6.95. The van der Waals surface area contributed by atoms with Gasteiger partial charge in [-0.3, -0.25) is 0 Å². The molecule has 2 nitrogen and oxygen atoms in total. The number of nitrogen functional groups attached to an aromatic ring is 1. The molecule has 0 unspecified atom stereocenters. The molecule has 1 rings (SSSR count). The highest BCUT2D eigenvalue weighted by molar-refractivity contribution is 14.1. The molecule has 0 saturated carbocycles. The van der Waals surface area contributed by atoms with E-state index < -0.39 is 29.7 Å². The first-order chi connectivity index (χ1) is 6.73. The summed E-state index contributed by atoms with van der Waals surface area (Å²) >= 11 is 1.43. The summed E-state index contributed by atoms with van der Waals surface area (Å²) in [7, 11) is 0. The normalized spacial score (nSPS) is 12.2. The van der Waals surface area contributed by atoms with Gasteiger partial charge in [-0.1, -0.05) is 0 Å². The molecule has 0 amide bonds. The number of hydrogen-bond donors (Lipinski definition) is 1. The zero-order chi connectivity index (χ0) is 11.8. The van der Waals surface area contributed by atoms with E-state index in [0.717, 1.165) is 0 Å². The van der Waals surface area contributed by atoms with Crippen LogP contribution in [0.15, 0.2) is 6.07 Å². The van der Waals surface area contributed by atoms with Crippen molar-refractivity contribution < 1.29 is 22.0 Å². The Morgan fingerprint density at radius 3 is 2.27 bits per heavy atom. The number of nitrogens with two attached hydrogens (primary N) is 1. The van der Waals surface area contributed by atoms with Crippen LogP contribution >= 0.6 is 22.6 Å². The molecule has 0 aliphatic heterocycles. The number of hydrogen-bond acceptors (Lipinski definition) is 2. The van der Waals surface area contributed by atoms with Crippen molar-refractivity contribution in [3.05, 3.63) is 20.9 Å². The van der Waals surface area contributed by atoms with E-state index in [1.807, 2.05) is 0 Å². The fourth-order valence-corrected chi connectivity index (χ4v) is 1.39. The summed E-state index contributed by atoms with van der Waals surface area (Å²) in [5.74, 6) is -0.541. The summed E-state index contributed by atoms with van der Waals surface area (Å²) in [5, 5.41) is 0. The Labute approximate surface area is 94.8 Å². The number of anilines is 1. The van der Waals surface area contributed by atoms with Gasteiger partial charge in [-0.2, -0.15) is 13.2 Å². The standard InChI is InChI=1S/C7H4F5IN2/c8-5(9)2-1-3(7(10,11)12)15-6(14)4(2)13/h1,5H,(H2,14,15). The third kappa shape index (κ3) is 2.67. The van der Waals surface area contributed by atoms with Crippen molar-refractivity contribution in [3.8, 4) is 0 Å². The number of pyridine rings is 1. The second kappa shape index (κ2) is 4.06. The van der Waals surface area contributed by atoms with Crippen LogP contribution in [0.5, 0.6) is 0 Å². The Balaban J connectivity index is 3.36. The van der Waals surface area contributed by atoms with Crippen LogP contribution in [0.3, 0.4) is 0 Å². The molecule has 2 N–H and O–H groups in total. The van der Waals surface area contributed by atoms with Gasteiger partial charge in [0.05, 0.1) is 3.57 Å². The van der Waals surface area contributed by atoms with Crippen molar-refractivity contribution in [2.24, 2.45) is 0 Å². The lowest BCUT2D eigenvalue weighted by Gasteiger charge is -2.11. The van der Waals surface area contributed by atoms with Crippen LogP contribution in [-0.2, 0) is 6.18 Å². The van der Waals surface area contributed by atoms with Crippen molar-refractivity contribution in [2.45, 2.75) is 12.6 Å². The first-order valence-electron chi connectivity index (χ1n) is 3.54. The summed E-state index contributed by atoms with van der Waals surface area (Å²) in [6.07, 6.45) is -7.79. The number of aromatic nitrogens is 1. The molecule has 15 heavy (non-hydrogen) atoms. The highest BCUT2D eigenvalue weighted by Crippen LogP contribution is 2.34. The van der Waals surface area contributed by atoms with E-state index in [9.17, 15) is 22.0 Å². The molecule has 0 atom stereocenters. The Bertz CT molecular complexity index is 376. The van der Waals surface area contributed by atoms with Gasteiger partial charge in [0.15, 0.2) is 0 Å². The number of alkyl halides is 5. The van der Waals surface area contributed by atoms with E-state index in [4.69, 9.17) is 5.73 Å². The van der Waals surface area contributed by atoms with E-state index in [0.29, 0.717) is 6.07 Å². The van der Waals surface area contributed by atoms with Gasteiger partial charge in [0, 0.05) is 5.56 Å². The first kappa shape index (κ1) is 12.4. The molecule has 0 spiro atoms. The molecule has 0 fully saturated rings. The van der Waals surface area contributed by atoms with Crippen molar-refractivity contribution in [2.75, 3.05) is 5.73 Å². The highest BCUT2D eigenvalue weighted by Gasteiger charge is 2.34. The monoisotopic (exact) mass is 338 g/mol. The van der Waals surface area contributed by atoms with Crippen LogP contribution in [-0.4, -0.2) is 4.98 Å². The average molecular weight is 338 g/mol. The van der Waals surface area contributed by atoms with Crippen molar-refractivity contribution in [3.63, 3.8) is 0 Å². The molecule has 1 heterocycles. The van der Waals surface area contributed by atoms with E-state index in [1.165, 1.54) is 22.6 Å². The maximum atomic E-state index is 12.3. The highest BCUT2D eigenvalue weighted by atomic mass is 127. The fourth-order valence-electron chi connectivity index (χ4n) is 0.874. The molecule has 0 aliphatic rings. The first-order valence-corrected chi connectivity index (χ1v) is 4.62. The molecule has 1 aromatic rings. The van der Waals surface area contributed by atoms with Crippen molar-refractivity contribution in [1.82, 2.24) is 4.98 Å². The molecule has 1 aromatic heterocycles. The third-order valence-corrected chi connectivity index (χ3v) is 2.71. The van der Waals surface area contributed by atoms with Crippen LogP contribution < -0.4 is 5.73 Å². The maximum absolute atomic E-state index is 12.3. The summed E-state index contributed by atoms with van der Waals surface area (Å²) in [4.78, 5) is 3.00. The van der Waals surface area contributed by atoms with Gasteiger partial charge in [-0.15, -0.1) is 0 Å². The minimum absolute atomic E-state index is 0.157. The predicted octanol–water partition coefficient (Wildman–Crippen LogP) is 3.22. The number of rotatable bonds is 1. The average Bonchev–Trinajstić information content (AvgIpc) is 2.06. The molecule has 0 aliphatic carbocycles. The summed E-state index contributed by atoms with van der Waals surface area (Å²) < 4.78 is 61.0. The van der Waals surface area contributed by atoms with Crippen molar-refractivity contribution in [1.29, 1.82) is 0 Å². The number of nitrogens with zero attached hydrogens (tertiary/aromatic N) is 1. The number of halogens is 6. The van der Waals surface area contributed by atoms with E-state index >= 15 is 0 Å². The van der Waals surface area contributed by atoms with Crippen LogP contribution in [0.1, 0.15) is 17.7 Å². The van der Waals surface area contributed by atoms with Crippen LogP contribution in [0.25, 0.3) is 0 Å². The molecular formula is C7H4F5IN2. The Hall–Kier alpha value is -0.670. The van der Waals surface area contributed by atoms with Gasteiger partial charge in [-0.25, -0.2) is 13.8 Å². The topological polar surface area (TPSA) is 38.9 Å². The Kier molecular flexibility index (Phi) is 3.36. The fraction of sp³-hybridized carbons (Fsp3) is 0.286. The summed E-state index contributed by atoms with van der Waals surface area (Å²) in [6.45, 7) is 0. The second-order valence-corrected chi connectivity index (χ2v) is 3.67. The van der Waals surface area contributed by atoms with E-state index in [-0.39, 0.29) is 3.57 Å². The van der Waals surface area contributed by atoms with Gasteiger partial charge < -0.3 is 5.73 Å². The maximum Gasteiger partial charge on any atom is 0.433 e. The van der Waals surface area contributed by atoms with E-state index in [1.54, 1.807) is 0 Å². The van der Waals surface area contributed by atoms with Crippen LogP contribution in [0, 0.1) is 3.57 Å². The second-order valence-electron chi connectivity index (χ2n) is 2.59. The molecule has 84 valence electrons. The van der Waals surface area contributed by atoms with Crippen LogP contribution in [0.4, 0.5) is 27.8 Å². The minimum atomic E-state index is -4.78. The van der Waals surface area contributed by atoms with E-state index in [2.05, 4.69) is 4.98 Å². The quantitative estimate of drug-likeness (QED) is 0.631. The van der Waals surface area contributed by atoms with Gasteiger partial charge >= 0.3 is 6.18 Å².